The van der Waals surface area contributed by atoms with E-state index in [-0.39, 0.29) is 17.3 Å². The molecule has 0 bridgehead atoms. The Labute approximate surface area is 222 Å². The number of hydrogen-bond acceptors (Lipinski definition) is 12. The summed E-state index contributed by atoms with van der Waals surface area (Å²) in [6.45, 7) is 1.68. The molecule has 1 saturated heterocycles. The molecule has 1 unspecified atom stereocenters. The number of likely N-dealkylation sites (tertiary alicyclic amines) is 1. The molecule has 2 aromatic heterocycles. The molecule has 38 heavy (non-hydrogen) atoms. The number of nitrogens with one attached hydrogen (secondary N) is 3. The monoisotopic (exact) mass is 543 g/mol. The van der Waals surface area contributed by atoms with Crippen LogP contribution >= 0.6 is 11.3 Å². The van der Waals surface area contributed by atoms with Crippen LogP contribution in [0.2, 0.25) is 0 Å². The number of methoxy groups -OCH3 is 1. The number of aliphatic hydroxyl groups is 3. The molecular formula is C24H29N7O6S. The quantitative estimate of drug-likeness (QED) is 0.200. The third-order valence-corrected chi connectivity index (χ3v) is 7.13. The number of ether oxygens (including phenoxy) is 1. The first-order valence-electron chi connectivity index (χ1n) is 11.9. The minimum Gasteiger partial charge on any atom is -0.494 e. The van der Waals surface area contributed by atoms with Crippen LogP contribution in [-0.2, 0) is 0 Å². The van der Waals surface area contributed by atoms with Gasteiger partial charge in [0.05, 0.1) is 36.4 Å². The van der Waals surface area contributed by atoms with Gasteiger partial charge in [0.2, 0.25) is 0 Å². The number of benzene rings is 1. The third kappa shape index (κ3) is 6.59. The van der Waals surface area contributed by atoms with Crippen molar-refractivity contribution < 1.29 is 29.6 Å². The number of aromatic nitrogens is 3. The summed E-state index contributed by atoms with van der Waals surface area (Å²) in [7, 11) is 3.58. The summed E-state index contributed by atoms with van der Waals surface area (Å²) >= 11 is 1.23. The summed E-state index contributed by atoms with van der Waals surface area (Å²) in [6, 6.07) is 7.16. The highest BCUT2D eigenvalue weighted by molar-refractivity contribution is 7.17. The molecule has 2 amide bonds. The van der Waals surface area contributed by atoms with Gasteiger partial charge in [-0.2, -0.15) is 5.10 Å². The maximum Gasteiger partial charge on any atom is 0.369 e. The topological polar surface area (TPSA) is 182 Å². The SMILES string of the molecule is COc1c(Nc2ccnnc2C(=O)NC(O)(O)O)cccc1-c1ncc(C(=O)NCCC2CCCN2C)s1. The largest absolute Gasteiger partial charge is 0.494 e. The van der Waals surface area contributed by atoms with Gasteiger partial charge in [-0.05, 0) is 51.1 Å². The Morgan fingerprint density at radius 1 is 1.21 bits per heavy atom. The van der Waals surface area contributed by atoms with Crippen molar-refractivity contribution >= 4 is 34.5 Å². The van der Waals surface area contributed by atoms with Crippen molar-refractivity contribution in [1.29, 1.82) is 0 Å². The standard InChI is InChI=1S/C24H29N7O6S/c1-31-12-4-5-14(31)8-10-25-21(32)18-13-26-23(38-18)15-6-3-7-17(20(15)37-2)28-16-9-11-27-30-19(16)22(33)29-24(34,35)36/h3,6-7,9,11,13-14,34-36H,4-5,8,10,12H2,1-2H3,(H,25,32)(H,27,28)(H,29,33). The second kappa shape index (κ2) is 11.8. The molecule has 202 valence electrons. The Balaban J connectivity index is 1.50. The van der Waals surface area contributed by atoms with E-state index in [1.165, 1.54) is 43.3 Å². The van der Waals surface area contributed by atoms with E-state index in [4.69, 9.17) is 20.1 Å². The molecule has 0 spiro atoms. The normalized spacial score (nSPS) is 15.8. The van der Waals surface area contributed by atoms with Crippen LogP contribution in [-0.4, -0.2) is 86.6 Å². The lowest BCUT2D eigenvalue weighted by atomic mass is 10.1. The highest BCUT2D eigenvalue weighted by Gasteiger charge is 2.26. The van der Waals surface area contributed by atoms with E-state index in [1.54, 1.807) is 23.5 Å². The maximum absolute atomic E-state index is 12.7. The molecule has 14 heteroatoms. The van der Waals surface area contributed by atoms with E-state index in [2.05, 4.69) is 37.8 Å². The van der Waals surface area contributed by atoms with E-state index in [0.717, 1.165) is 19.4 Å². The summed E-state index contributed by atoms with van der Waals surface area (Å²) in [5.41, 5.74) is 0.905. The fourth-order valence-corrected chi connectivity index (χ4v) is 5.12. The molecule has 1 aliphatic heterocycles. The molecule has 1 atom stereocenters. The van der Waals surface area contributed by atoms with Gasteiger partial charge in [-0.25, -0.2) is 4.98 Å². The number of nitrogens with zero attached hydrogens (tertiary/aromatic N) is 4. The molecule has 1 fully saturated rings. The molecule has 1 aromatic carbocycles. The highest BCUT2D eigenvalue weighted by atomic mass is 32.1. The van der Waals surface area contributed by atoms with E-state index in [0.29, 0.717) is 39.5 Å². The number of thiazole rings is 1. The summed E-state index contributed by atoms with van der Waals surface area (Å²) in [5.74, 6) is -0.880. The Morgan fingerprint density at radius 2 is 2.03 bits per heavy atom. The second-order valence-electron chi connectivity index (χ2n) is 8.75. The molecule has 3 aromatic rings. The van der Waals surface area contributed by atoms with Gasteiger partial charge in [0.1, 0.15) is 9.88 Å². The van der Waals surface area contributed by atoms with Crippen LogP contribution in [0, 0.1) is 0 Å². The summed E-state index contributed by atoms with van der Waals surface area (Å²) in [6.07, 6.45) is 2.66. The van der Waals surface area contributed by atoms with Crippen molar-refractivity contribution in [1.82, 2.24) is 30.7 Å². The minimum atomic E-state index is -3.43. The number of rotatable bonds is 10. The van der Waals surface area contributed by atoms with Crippen molar-refractivity contribution in [3.05, 3.63) is 47.2 Å². The molecule has 0 radical (unpaired) electrons. The van der Waals surface area contributed by atoms with Crippen molar-refractivity contribution in [3.63, 3.8) is 0 Å². The van der Waals surface area contributed by atoms with Gasteiger partial charge in [0.25, 0.3) is 11.8 Å². The van der Waals surface area contributed by atoms with Crippen molar-refractivity contribution in [2.24, 2.45) is 0 Å². The van der Waals surface area contributed by atoms with E-state index >= 15 is 0 Å². The number of hydrogen-bond donors (Lipinski definition) is 6. The predicted molar refractivity (Wildman–Crippen MR) is 139 cm³/mol. The van der Waals surface area contributed by atoms with Gasteiger partial charge >= 0.3 is 6.10 Å². The van der Waals surface area contributed by atoms with Crippen LogP contribution in [0.25, 0.3) is 10.6 Å². The van der Waals surface area contributed by atoms with Crippen LogP contribution < -0.4 is 20.7 Å². The lowest BCUT2D eigenvalue weighted by molar-refractivity contribution is -0.323. The Morgan fingerprint density at radius 3 is 2.74 bits per heavy atom. The summed E-state index contributed by atoms with van der Waals surface area (Å²) in [4.78, 5) is 32.2. The van der Waals surface area contributed by atoms with Gasteiger partial charge < -0.3 is 35.6 Å². The number of carbonyl (C=O) groups excluding carboxylic acids is 2. The smallest absolute Gasteiger partial charge is 0.369 e. The van der Waals surface area contributed by atoms with Crippen molar-refractivity contribution in [3.8, 4) is 16.3 Å². The summed E-state index contributed by atoms with van der Waals surface area (Å²) < 4.78 is 5.63. The number of carbonyl (C=O) groups is 2. The van der Waals surface area contributed by atoms with E-state index < -0.39 is 12.0 Å². The molecule has 0 saturated carbocycles. The Kier molecular flexibility index (Phi) is 8.48. The fraction of sp³-hybridized carbons (Fsp3) is 0.375. The minimum absolute atomic E-state index is 0.157. The first-order valence-corrected chi connectivity index (χ1v) is 12.7. The summed E-state index contributed by atoms with van der Waals surface area (Å²) in [5, 5.41) is 42.7. The lowest BCUT2D eigenvalue weighted by Gasteiger charge is -2.19. The lowest BCUT2D eigenvalue weighted by Crippen LogP contribution is -2.48. The van der Waals surface area contributed by atoms with Crippen LogP contribution in [0.3, 0.4) is 0 Å². The Hall–Kier alpha value is -3.69. The Bertz CT molecular complexity index is 1300. The fourth-order valence-electron chi connectivity index (χ4n) is 4.27. The van der Waals surface area contributed by atoms with Gasteiger partial charge in [0.15, 0.2) is 11.4 Å². The van der Waals surface area contributed by atoms with Gasteiger partial charge in [-0.3, -0.25) is 14.9 Å². The molecular weight excluding hydrogens is 514 g/mol. The molecule has 13 nitrogen and oxygen atoms in total. The van der Waals surface area contributed by atoms with Gasteiger partial charge in [-0.1, -0.05) is 6.07 Å². The van der Waals surface area contributed by atoms with Gasteiger partial charge in [-0.15, -0.1) is 16.4 Å². The molecule has 6 N–H and O–H groups in total. The van der Waals surface area contributed by atoms with E-state index in [1.807, 2.05) is 0 Å². The number of anilines is 2. The average Bonchev–Trinajstić information content (AvgIpc) is 3.52. The second-order valence-corrected chi connectivity index (χ2v) is 9.78. The first kappa shape index (κ1) is 27.3. The zero-order valence-corrected chi connectivity index (χ0v) is 21.7. The maximum atomic E-state index is 12.7. The zero-order chi connectivity index (χ0) is 27.3. The third-order valence-electron chi connectivity index (χ3n) is 6.10. The van der Waals surface area contributed by atoms with Crippen LogP contribution in [0.4, 0.5) is 11.4 Å². The number of amides is 2. The highest BCUT2D eigenvalue weighted by Crippen LogP contribution is 2.39. The average molecular weight is 544 g/mol. The van der Waals surface area contributed by atoms with E-state index in [9.17, 15) is 9.59 Å². The molecule has 4 rings (SSSR count). The van der Waals surface area contributed by atoms with Crippen LogP contribution in [0.5, 0.6) is 5.75 Å². The van der Waals surface area contributed by atoms with Crippen LogP contribution in [0.1, 0.15) is 39.4 Å². The predicted octanol–water partition coefficient (Wildman–Crippen LogP) is 0.884. The number of para-hydroxylation sites is 1. The molecule has 3 heterocycles. The van der Waals surface area contributed by atoms with Crippen molar-refractivity contribution in [2.75, 3.05) is 32.6 Å². The molecule has 1 aliphatic rings. The molecule has 0 aliphatic carbocycles. The first-order chi connectivity index (χ1) is 18.2. The zero-order valence-electron chi connectivity index (χ0n) is 20.8. The van der Waals surface area contributed by atoms with Gasteiger partial charge in [0, 0.05) is 12.6 Å². The van der Waals surface area contributed by atoms with Crippen molar-refractivity contribution in [2.45, 2.75) is 31.4 Å². The van der Waals surface area contributed by atoms with Crippen LogP contribution in [0.15, 0.2) is 36.7 Å².